The SMILES string of the molecule is CNc1cc(F)cc2c1Cc1nc(Oc3cnc(C)nc3)nc(N3C4CCC3CC(N)C4)c1-2.CNc1cc(F)cc2c1Cc1nc(Oc3cnc(C)nc3)nc(N3CCC4CC(N)C4C3)c1-2.CNc1cc(F)cc2c1Cc1nc(Oc3cnc(C)nc3)nc(N3CCC4CNC4C3)c1-2.CNc1cc(F)cc2c1Cc1nc(Oc3cnc(C)nc3)nc(N3C[C@@H](NC(=O)CN)C4(CC4)C3)c1-2. The summed E-state index contributed by atoms with van der Waals surface area (Å²) in [5.41, 5.74) is 35.4. The zero-order chi connectivity index (χ0) is 92.2. The summed E-state index contributed by atoms with van der Waals surface area (Å²) in [6.07, 6.45) is 24.5. The van der Waals surface area contributed by atoms with Crippen LogP contribution < -0.4 is 87.6 Å². The van der Waals surface area contributed by atoms with Crippen LogP contribution in [0.1, 0.15) is 126 Å². The number of hydrogen-bond acceptors (Lipinski definition) is 33. The Morgan fingerprint density at radius 2 is 0.799 bits per heavy atom. The fourth-order valence-electron chi connectivity index (χ4n) is 21.4. The predicted molar refractivity (Wildman–Crippen MR) is 496 cm³/mol. The first-order valence-electron chi connectivity index (χ1n) is 45.8. The van der Waals surface area contributed by atoms with Gasteiger partial charge in [-0.25, -0.2) is 57.4 Å². The lowest BCUT2D eigenvalue weighted by Crippen LogP contribution is -2.62. The molecular formula is C96H103F4N29O5. The highest BCUT2D eigenvalue weighted by atomic mass is 19.1. The van der Waals surface area contributed by atoms with E-state index in [0.717, 1.165) is 233 Å². The van der Waals surface area contributed by atoms with E-state index in [1.165, 1.54) is 24.3 Å². The molecule has 12 aliphatic rings. The summed E-state index contributed by atoms with van der Waals surface area (Å²) in [6, 6.07) is 14.8. The number of amides is 1. The van der Waals surface area contributed by atoms with Gasteiger partial charge in [-0.05, 0) is 203 Å². The molecule has 8 atom stereocenters. The smallest absolute Gasteiger partial charge is 0.324 e. The zero-order valence-corrected chi connectivity index (χ0v) is 75.5. The maximum absolute atomic E-state index is 14.6. The molecule has 1 amide bonds. The molecule has 38 heteroatoms. The van der Waals surface area contributed by atoms with E-state index in [-0.39, 0.29) is 83.3 Å². The van der Waals surface area contributed by atoms with Crippen LogP contribution in [0.3, 0.4) is 0 Å². The number of halogens is 4. The van der Waals surface area contributed by atoms with Gasteiger partial charge in [-0.3, -0.25) is 4.79 Å². The minimum absolute atomic E-state index is 0.00596. The minimum Gasteiger partial charge on any atom is -0.421 e. The number of nitrogens with two attached hydrogens (primary N) is 3. The third-order valence-corrected chi connectivity index (χ3v) is 28.3. The van der Waals surface area contributed by atoms with Gasteiger partial charge < -0.3 is 87.6 Å². The number of fused-ring (bicyclic) bond motifs is 16. The number of benzene rings is 4. The largest absolute Gasteiger partial charge is 0.421 e. The Balaban J connectivity index is 0.000000107. The van der Waals surface area contributed by atoms with Gasteiger partial charge in [0.15, 0.2) is 23.0 Å². The molecule has 134 heavy (non-hydrogen) atoms. The van der Waals surface area contributed by atoms with Crippen molar-refractivity contribution in [2.24, 2.45) is 40.4 Å². The van der Waals surface area contributed by atoms with Crippen LogP contribution in [0.15, 0.2) is 98.1 Å². The summed E-state index contributed by atoms with van der Waals surface area (Å²) < 4.78 is 82.0. The van der Waals surface area contributed by atoms with Crippen LogP contribution in [0, 0.1) is 74.1 Å². The molecule has 6 saturated heterocycles. The monoisotopic (exact) mass is 1820 g/mol. The zero-order valence-electron chi connectivity index (χ0n) is 75.5. The molecular weight excluding hydrogens is 1720 g/mol. The summed E-state index contributed by atoms with van der Waals surface area (Å²) in [5.74, 6) is 8.09. The standard InChI is InChI=1S/C25H27FN8O2.2C24H26FN7O.C23H24FN7O/c1-13-29-9-15(10-30-13)36-24-31-19-7-16-17(5-14(26)6-18(16)28-2)22(19)23(33-24)34-11-20(32-21(35)8-27)25(12-34)3-4-25;1-12-28-10-17(11-29-12)33-24-30-21-9-18-19(5-13(25)6-20(18)27-2)22(21)23(31-24)32-15-3-4-16(32)8-14(26)7-15;1-12-28-9-15(10-29-12)33-24-30-21-8-16-17(6-14(25)7-20(16)27-2)22(21)23(31-24)32-4-3-13-5-19(26)18(13)11-32;1-12-26-9-15(10-27-12)32-23-29-19-7-16-17(5-14(24)6-18(16)25-2)21(19)22(30-23)31-4-3-13-8-28-20(13)11-31/h5-6,9-10,20,28H,3-4,7-8,11-12,27H2,1-2H3,(H,32,35);5-6,10-11,14-16,27H,3-4,7-9,26H2,1-2H3;6-7,9-10,13,18-19,27H,3-5,8,11,26H2,1-2H3;5-6,9-10,13,20,25,28H,3-4,7-8,11H2,1-2H3/t20-;;;/m1.../s1. The number of hydrogen-bond donors (Lipinski definition) is 9. The lowest BCUT2D eigenvalue weighted by Gasteiger charge is -2.50. The molecule has 8 fully saturated rings. The maximum Gasteiger partial charge on any atom is 0.324 e. The first-order valence-corrected chi connectivity index (χ1v) is 45.8. The predicted octanol–water partition coefficient (Wildman–Crippen LogP) is 12.0. The van der Waals surface area contributed by atoms with E-state index in [0.29, 0.717) is 114 Å². The number of ether oxygens (including phenoxy) is 4. The van der Waals surface area contributed by atoms with E-state index < -0.39 is 0 Å². The van der Waals surface area contributed by atoms with Crippen LogP contribution in [0.25, 0.3) is 44.5 Å². The maximum atomic E-state index is 14.6. The number of nitrogens with one attached hydrogen (secondary N) is 6. The van der Waals surface area contributed by atoms with E-state index >= 15 is 0 Å². The fraction of sp³-hybridized carbons (Fsp3) is 0.406. The number of carbonyl (C=O) groups is 1. The molecule has 34 nitrogen and oxygen atoms in total. The molecule has 12 N–H and O–H groups in total. The minimum atomic E-state index is -0.331. The summed E-state index contributed by atoms with van der Waals surface area (Å²) in [7, 11) is 7.20. The van der Waals surface area contributed by atoms with E-state index in [1.807, 2.05) is 34.9 Å². The Morgan fingerprint density at radius 3 is 1.13 bits per heavy atom. The highest BCUT2D eigenvalue weighted by molar-refractivity contribution is 5.93. The van der Waals surface area contributed by atoms with Gasteiger partial charge >= 0.3 is 24.0 Å². The first kappa shape index (κ1) is 86.8. The van der Waals surface area contributed by atoms with Gasteiger partial charge in [0.1, 0.15) is 69.8 Å². The Hall–Kier alpha value is -13.9. The van der Waals surface area contributed by atoms with Crippen LogP contribution in [-0.2, 0) is 30.5 Å². The second kappa shape index (κ2) is 35.3. The van der Waals surface area contributed by atoms with Crippen molar-refractivity contribution in [3.8, 4) is 91.5 Å². The molecule has 1 spiro atoms. The summed E-state index contributed by atoms with van der Waals surface area (Å²) in [5, 5.41) is 19.1. The van der Waals surface area contributed by atoms with Gasteiger partial charge in [-0.15, -0.1) is 0 Å². The quantitative estimate of drug-likeness (QED) is 0.0360. The second-order valence-corrected chi connectivity index (χ2v) is 36.7. The number of aryl methyl sites for hydroxylation is 4. The van der Waals surface area contributed by atoms with E-state index in [4.69, 9.17) is 76.0 Å². The number of anilines is 8. The van der Waals surface area contributed by atoms with Gasteiger partial charge in [-0.2, -0.15) is 39.9 Å². The number of aromatic nitrogens is 16. The van der Waals surface area contributed by atoms with Crippen molar-refractivity contribution in [1.82, 2.24) is 90.4 Å². The highest BCUT2D eigenvalue weighted by Crippen LogP contribution is 2.57. The van der Waals surface area contributed by atoms with Gasteiger partial charge in [-0.1, -0.05) is 0 Å². The van der Waals surface area contributed by atoms with Crippen molar-refractivity contribution < 1.29 is 41.3 Å². The molecule has 2 bridgehead atoms. The Bertz CT molecular complexity index is 6570. The molecule has 24 rings (SSSR count). The average molecular weight is 1820 g/mol. The van der Waals surface area contributed by atoms with E-state index in [2.05, 4.69) is 91.4 Å². The molecule has 2 saturated carbocycles. The van der Waals surface area contributed by atoms with Crippen molar-refractivity contribution in [1.29, 1.82) is 0 Å². The molecule has 8 aromatic heterocycles. The third-order valence-electron chi connectivity index (χ3n) is 28.3. The lowest BCUT2D eigenvalue weighted by atomic mass is 9.66. The Morgan fingerprint density at radius 1 is 0.448 bits per heavy atom. The highest BCUT2D eigenvalue weighted by Gasteiger charge is 2.57. The van der Waals surface area contributed by atoms with Gasteiger partial charge in [0.05, 0.1) is 84.9 Å². The molecule has 4 aromatic carbocycles. The lowest BCUT2D eigenvalue weighted by molar-refractivity contribution is -0.120. The summed E-state index contributed by atoms with van der Waals surface area (Å²) >= 11 is 0. The summed E-state index contributed by atoms with van der Waals surface area (Å²) in [4.78, 5) is 93.0. The van der Waals surface area contributed by atoms with Gasteiger partial charge in [0.2, 0.25) is 5.91 Å². The Kier molecular flexibility index (Phi) is 22.9. The molecule has 6 aliphatic heterocycles. The van der Waals surface area contributed by atoms with Crippen LogP contribution in [0.2, 0.25) is 0 Å². The normalized spacial score (nSPS) is 21.2. The number of carbonyl (C=O) groups excluding carboxylic acids is 1. The molecule has 12 aromatic rings. The molecule has 0 radical (unpaired) electrons. The fourth-order valence-corrected chi connectivity index (χ4v) is 21.4. The number of nitrogens with zero attached hydrogens (tertiary/aromatic N) is 20. The Labute approximate surface area is 770 Å². The first-order chi connectivity index (χ1) is 65.0. The number of piperidine rings is 3. The average Bonchev–Trinajstić information content (AvgIpc) is 1.57. The van der Waals surface area contributed by atoms with Crippen molar-refractivity contribution in [2.45, 2.75) is 147 Å². The van der Waals surface area contributed by atoms with E-state index in [1.54, 1.807) is 94.9 Å². The molecule has 6 aliphatic carbocycles. The molecule has 690 valence electrons. The van der Waals surface area contributed by atoms with Crippen molar-refractivity contribution in [3.63, 3.8) is 0 Å². The number of rotatable bonds is 18. The van der Waals surface area contributed by atoms with Crippen LogP contribution in [0.5, 0.6) is 47.0 Å². The van der Waals surface area contributed by atoms with Crippen LogP contribution in [-0.4, -0.2) is 202 Å². The van der Waals surface area contributed by atoms with E-state index in [9.17, 15) is 22.4 Å². The second-order valence-electron chi connectivity index (χ2n) is 36.7. The molecule has 7 unspecified atom stereocenters. The van der Waals surface area contributed by atoms with Crippen molar-refractivity contribution in [3.05, 3.63) is 190 Å². The van der Waals surface area contributed by atoms with Crippen molar-refractivity contribution >= 4 is 51.9 Å². The van der Waals surface area contributed by atoms with Crippen LogP contribution >= 0.6 is 0 Å². The van der Waals surface area contributed by atoms with Gasteiger partial charge in [0, 0.05) is 174 Å². The van der Waals surface area contributed by atoms with Crippen molar-refractivity contribution in [2.75, 3.05) is 121 Å². The van der Waals surface area contributed by atoms with Crippen LogP contribution in [0.4, 0.5) is 63.6 Å². The topological polar surface area (TPSA) is 423 Å². The molecule has 14 heterocycles. The third kappa shape index (κ3) is 16.6. The summed E-state index contributed by atoms with van der Waals surface area (Å²) in [6.45, 7) is 13.1. The van der Waals surface area contributed by atoms with Gasteiger partial charge in [0.25, 0.3) is 0 Å².